The fourth-order valence-electron chi connectivity index (χ4n) is 2.05. The molecule has 0 amide bonds. The molecule has 0 aliphatic carbocycles. The minimum atomic E-state index is -0.521. The van der Waals surface area contributed by atoms with E-state index in [1.165, 1.54) is 11.7 Å². The van der Waals surface area contributed by atoms with Gasteiger partial charge < -0.3 is 4.74 Å². The van der Waals surface area contributed by atoms with Crippen LogP contribution < -0.4 is 0 Å². The molecule has 20 heavy (non-hydrogen) atoms. The van der Waals surface area contributed by atoms with E-state index in [4.69, 9.17) is 16.3 Å². The second kappa shape index (κ2) is 4.72. The summed E-state index contributed by atoms with van der Waals surface area (Å²) in [7, 11) is 1.32. The molecule has 0 aliphatic rings. The van der Waals surface area contributed by atoms with Crippen molar-refractivity contribution in [3.05, 3.63) is 29.0 Å². The molecule has 0 saturated heterocycles. The molecule has 1 aromatic carbocycles. The van der Waals surface area contributed by atoms with Crippen molar-refractivity contribution in [1.82, 2.24) is 19.5 Å². The van der Waals surface area contributed by atoms with E-state index in [9.17, 15) is 4.79 Å². The van der Waals surface area contributed by atoms with Crippen molar-refractivity contribution in [3.63, 3.8) is 0 Å². The molecular weight excluding hydrogens is 280 g/mol. The molecule has 3 rings (SSSR count). The summed E-state index contributed by atoms with van der Waals surface area (Å²) in [5.41, 5.74) is 2.09. The van der Waals surface area contributed by atoms with Crippen molar-refractivity contribution in [2.24, 2.45) is 0 Å². The quantitative estimate of drug-likeness (QED) is 0.689. The van der Waals surface area contributed by atoms with E-state index in [0.29, 0.717) is 39.6 Å². The number of ether oxygens (including phenoxy) is 1. The van der Waals surface area contributed by atoms with Crippen molar-refractivity contribution in [1.29, 1.82) is 0 Å². The molecule has 0 atom stereocenters. The van der Waals surface area contributed by atoms with Crippen LogP contribution in [0, 0.1) is 0 Å². The Morgan fingerprint density at radius 3 is 2.80 bits per heavy atom. The van der Waals surface area contributed by atoms with E-state index in [1.807, 2.05) is 6.92 Å². The van der Waals surface area contributed by atoms with Gasteiger partial charge in [-0.1, -0.05) is 18.5 Å². The van der Waals surface area contributed by atoms with Crippen LogP contribution in [0.25, 0.3) is 22.3 Å². The average molecular weight is 291 g/mol. The lowest BCUT2D eigenvalue weighted by atomic mass is 10.3. The lowest BCUT2D eigenvalue weighted by Crippen LogP contribution is -2.15. The van der Waals surface area contributed by atoms with E-state index in [1.54, 1.807) is 18.2 Å². The molecule has 6 nitrogen and oxygen atoms in total. The average Bonchev–Trinajstić information content (AvgIpc) is 2.81. The van der Waals surface area contributed by atoms with Crippen LogP contribution in [-0.2, 0) is 11.2 Å². The zero-order chi connectivity index (χ0) is 14.3. The lowest BCUT2D eigenvalue weighted by molar-refractivity contribution is 0.173. The fourth-order valence-corrected chi connectivity index (χ4v) is 2.21. The SMILES string of the molecule is CCc1nc2nc3cc(Cl)ccc3nc2n1C(=O)OC. The van der Waals surface area contributed by atoms with Crippen LogP contribution in [0.2, 0.25) is 5.02 Å². The van der Waals surface area contributed by atoms with Gasteiger partial charge in [-0.3, -0.25) is 0 Å². The van der Waals surface area contributed by atoms with Gasteiger partial charge in [0, 0.05) is 11.4 Å². The van der Waals surface area contributed by atoms with Gasteiger partial charge in [-0.05, 0) is 18.2 Å². The van der Waals surface area contributed by atoms with Crippen LogP contribution in [0.15, 0.2) is 18.2 Å². The largest absolute Gasteiger partial charge is 0.452 e. The summed E-state index contributed by atoms with van der Waals surface area (Å²) >= 11 is 5.94. The van der Waals surface area contributed by atoms with Gasteiger partial charge >= 0.3 is 6.09 Å². The van der Waals surface area contributed by atoms with Gasteiger partial charge in [0.1, 0.15) is 5.82 Å². The highest BCUT2D eigenvalue weighted by atomic mass is 35.5. The van der Waals surface area contributed by atoms with Gasteiger partial charge in [0.15, 0.2) is 11.3 Å². The summed E-state index contributed by atoms with van der Waals surface area (Å²) in [5.74, 6) is 0.563. The molecule has 0 bridgehead atoms. The molecule has 0 saturated carbocycles. The topological polar surface area (TPSA) is 69.9 Å². The molecule has 2 aromatic heterocycles. The molecule has 2 heterocycles. The van der Waals surface area contributed by atoms with Crippen LogP contribution in [-0.4, -0.2) is 32.7 Å². The zero-order valence-electron chi connectivity index (χ0n) is 10.9. The van der Waals surface area contributed by atoms with Gasteiger partial charge in [-0.25, -0.2) is 24.3 Å². The number of hydrogen-bond acceptors (Lipinski definition) is 5. The molecule has 0 aliphatic heterocycles. The van der Waals surface area contributed by atoms with E-state index >= 15 is 0 Å². The first kappa shape index (κ1) is 12.8. The third kappa shape index (κ3) is 1.89. The van der Waals surface area contributed by atoms with Crippen molar-refractivity contribution >= 4 is 40.0 Å². The monoisotopic (exact) mass is 290 g/mol. The summed E-state index contributed by atoms with van der Waals surface area (Å²) in [4.78, 5) is 25.0. The molecule has 102 valence electrons. The Morgan fingerprint density at radius 2 is 2.10 bits per heavy atom. The van der Waals surface area contributed by atoms with E-state index in [0.717, 1.165) is 0 Å². The second-order valence-corrected chi connectivity index (χ2v) is 4.63. The van der Waals surface area contributed by atoms with Crippen LogP contribution in [0.5, 0.6) is 0 Å². The number of nitrogens with zero attached hydrogens (tertiary/aromatic N) is 4. The van der Waals surface area contributed by atoms with Gasteiger partial charge in [-0.2, -0.15) is 0 Å². The molecule has 0 spiro atoms. The lowest BCUT2D eigenvalue weighted by Gasteiger charge is -2.03. The summed E-state index contributed by atoms with van der Waals surface area (Å²) in [6, 6.07) is 5.19. The molecular formula is C13H11ClN4O2. The second-order valence-electron chi connectivity index (χ2n) is 4.19. The first-order valence-electron chi connectivity index (χ1n) is 6.07. The fraction of sp³-hybridized carbons (Fsp3) is 0.231. The normalized spacial score (nSPS) is 11.2. The highest BCUT2D eigenvalue weighted by Gasteiger charge is 2.19. The number of fused-ring (bicyclic) bond motifs is 2. The smallest absolute Gasteiger partial charge is 0.420 e. The highest BCUT2D eigenvalue weighted by Crippen LogP contribution is 2.20. The number of carbonyl (C=O) groups excluding carboxylic acids is 1. The van der Waals surface area contributed by atoms with Crippen molar-refractivity contribution in [3.8, 4) is 0 Å². The van der Waals surface area contributed by atoms with Crippen molar-refractivity contribution < 1.29 is 9.53 Å². The summed E-state index contributed by atoms with van der Waals surface area (Å²) in [6.45, 7) is 1.90. The Morgan fingerprint density at radius 1 is 1.30 bits per heavy atom. The minimum absolute atomic E-state index is 0.392. The van der Waals surface area contributed by atoms with Crippen LogP contribution in [0.3, 0.4) is 0 Å². The number of imidazole rings is 1. The number of benzene rings is 1. The number of carbonyl (C=O) groups is 1. The molecule has 3 aromatic rings. The Hall–Kier alpha value is -2.21. The number of aromatic nitrogens is 4. The Bertz CT molecular complexity index is 828. The molecule has 0 N–H and O–H groups in total. The summed E-state index contributed by atoms with van der Waals surface area (Å²) in [5, 5.41) is 0.578. The standard InChI is InChI=1S/C13H11ClN4O2/c1-3-10-17-11-12(18(10)13(19)20-2)16-8-5-4-7(14)6-9(8)15-11/h4-6H,3H2,1-2H3. The van der Waals surface area contributed by atoms with Gasteiger partial charge in [0.2, 0.25) is 0 Å². The summed E-state index contributed by atoms with van der Waals surface area (Å²) < 4.78 is 6.12. The number of aryl methyl sites for hydroxylation is 1. The Balaban J connectivity index is 2.38. The van der Waals surface area contributed by atoms with Crippen molar-refractivity contribution in [2.45, 2.75) is 13.3 Å². The predicted octanol–water partition coefficient (Wildman–Crippen LogP) is 2.81. The number of methoxy groups -OCH3 is 1. The Kier molecular flexibility index (Phi) is 3.02. The molecule has 0 unspecified atom stereocenters. The Labute approximate surface area is 119 Å². The van der Waals surface area contributed by atoms with Crippen molar-refractivity contribution in [2.75, 3.05) is 7.11 Å². The molecule has 7 heteroatoms. The van der Waals surface area contributed by atoms with Gasteiger partial charge in [-0.15, -0.1) is 0 Å². The maximum atomic E-state index is 11.9. The molecule has 0 fully saturated rings. The van der Waals surface area contributed by atoms with Crippen LogP contribution in [0.4, 0.5) is 4.79 Å². The summed E-state index contributed by atoms with van der Waals surface area (Å²) in [6.07, 6.45) is 0.0523. The first-order valence-corrected chi connectivity index (χ1v) is 6.44. The predicted molar refractivity (Wildman–Crippen MR) is 75.0 cm³/mol. The van der Waals surface area contributed by atoms with E-state index < -0.39 is 6.09 Å². The van der Waals surface area contributed by atoms with E-state index in [-0.39, 0.29) is 0 Å². The number of halogens is 1. The zero-order valence-corrected chi connectivity index (χ0v) is 11.7. The number of rotatable bonds is 1. The maximum Gasteiger partial charge on any atom is 0.420 e. The third-order valence-electron chi connectivity index (χ3n) is 2.97. The van der Waals surface area contributed by atoms with Crippen LogP contribution in [0.1, 0.15) is 12.7 Å². The first-order chi connectivity index (χ1) is 9.63. The maximum absolute atomic E-state index is 11.9. The highest BCUT2D eigenvalue weighted by molar-refractivity contribution is 6.31. The van der Waals surface area contributed by atoms with E-state index in [2.05, 4.69) is 15.0 Å². The van der Waals surface area contributed by atoms with Crippen LogP contribution >= 0.6 is 11.6 Å². The molecule has 0 radical (unpaired) electrons. The third-order valence-corrected chi connectivity index (χ3v) is 3.20. The number of hydrogen-bond donors (Lipinski definition) is 0. The minimum Gasteiger partial charge on any atom is -0.452 e. The van der Waals surface area contributed by atoms with Gasteiger partial charge in [0.25, 0.3) is 0 Å². The van der Waals surface area contributed by atoms with Gasteiger partial charge in [0.05, 0.1) is 18.1 Å².